The van der Waals surface area contributed by atoms with E-state index in [0.717, 1.165) is 42.4 Å². The molecule has 0 aliphatic rings. The zero-order chi connectivity index (χ0) is 102. The predicted octanol–water partition coefficient (Wildman–Crippen LogP) is 24.3. The highest BCUT2D eigenvalue weighted by Gasteiger charge is 2.38. The zero-order valence-corrected chi connectivity index (χ0v) is 88.5. The van der Waals surface area contributed by atoms with Gasteiger partial charge in [-0.2, -0.15) is 0 Å². The van der Waals surface area contributed by atoms with Gasteiger partial charge in [0.05, 0.1) is 33.0 Å². The number of unbranched alkanes of at least 4 members (excludes halogenated alkanes) is 2. The van der Waals surface area contributed by atoms with Crippen molar-refractivity contribution in [2.45, 2.75) is 109 Å². The van der Waals surface area contributed by atoms with Crippen molar-refractivity contribution in [3.05, 3.63) is 313 Å². The van der Waals surface area contributed by atoms with E-state index in [4.69, 9.17) is 102 Å². The van der Waals surface area contributed by atoms with Crippen LogP contribution in [0.25, 0.3) is 0 Å². The lowest BCUT2D eigenvalue weighted by Crippen LogP contribution is -2.39. The van der Waals surface area contributed by atoms with E-state index in [2.05, 4.69) is 33.3 Å². The van der Waals surface area contributed by atoms with Crippen molar-refractivity contribution >= 4 is 133 Å². The number of benzene rings is 10. The minimum atomic E-state index is -3.35. The van der Waals surface area contributed by atoms with Gasteiger partial charge in [0, 0.05) is 40.0 Å². The fraction of sp³-hybridized carbons (Fsp3) is 0.323. The fourth-order valence-electron chi connectivity index (χ4n) is 10.9. The van der Waals surface area contributed by atoms with E-state index in [9.17, 15) is 61.6 Å². The number of phenols is 4. The van der Waals surface area contributed by atoms with Crippen LogP contribution in [0.5, 0.6) is 46.0 Å². The molecular weight excluding hydrogens is 2010 g/mol. The summed E-state index contributed by atoms with van der Waals surface area (Å²) >= 11 is 24.3. The molecule has 0 saturated carbocycles. The number of alkyl halides is 1. The summed E-state index contributed by atoms with van der Waals surface area (Å²) in [6, 6.07) is 79.7. The Morgan fingerprint density at radius 3 is 1.01 bits per heavy atom. The first-order valence-corrected chi connectivity index (χ1v) is 59.8. The Hall–Kier alpha value is -9.23. The van der Waals surface area contributed by atoms with Crippen LogP contribution in [-0.4, -0.2) is 171 Å². The number of halogens is 5. The molecule has 40 heteroatoms. The number of rotatable bonds is 37. The topological polar surface area (TPSA) is 408 Å². The first kappa shape index (κ1) is 123. The monoisotopic (exact) mass is 2140 g/mol. The normalized spacial score (nSPS) is 13.8. The number of carbonyl (C=O) groups is 5. The molecular formula is C96H126BrCl4N5O24P6. The largest absolute Gasteiger partial charge is 0.508 e. The molecule has 10 aromatic carbocycles. The molecule has 0 aliphatic heterocycles. The van der Waals surface area contributed by atoms with E-state index in [-0.39, 0.29) is 53.3 Å². The van der Waals surface area contributed by atoms with Crippen LogP contribution in [0.4, 0.5) is 0 Å². The van der Waals surface area contributed by atoms with Crippen LogP contribution in [0.3, 0.4) is 0 Å². The zero-order valence-electron chi connectivity index (χ0n) is 78.5. The maximum absolute atomic E-state index is 13.1. The molecule has 10 unspecified atom stereocenters. The maximum Gasteiger partial charge on any atom is 0.333 e. The Bertz CT molecular complexity index is 5270. The summed E-state index contributed by atoms with van der Waals surface area (Å²) in [6.07, 6.45) is 5.31. The molecule has 10 atom stereocenters. The van der Waals surface area contributed by atoms with E-state index < -0.39 is 77.8 Å². The molecule has 0 spiro atoms. The molecule has 10 aromatic rings. The van der Waals surface area contributed by atoms with Gasteiger partial charge in [-0.3, -0.25) is 41.8 Å². The van der Waals surface area contributed by atoms with Gasteiger partial charge >= 0.3 is 59.1 Å². The lowest BCUT2D eigenvalue weighted by molar-refractivity contribution is -0.148. The highest BCUT2D eigenvalue weighted by molar-refractivity contribution is 9.10. The van der Waals surface area contributed by atoms with Crippen molar-refractivity contribution in [2.24, 2.45) is 5.50 Å². The number of nitrogens with one attached hydrogen (secondary N) is 2. The van der Waals surface area contributed by atoms with Gasteiger partial charge in [-0.15, -0.1) is 0 Å². The Labute approximate surface area is 827 Å². The Kier molecular flexibility index (Phi) is 59.9. The second-order valence-electron chi connectivity index (χ2n) is 29.4. The van der Waals surface area contributed by atoms with Crippen molar-refractivity contribution in [3.8, 4) is 46.0 Å². The fourth-order valence-corrected chi connectivity index (χ4v) is 16.2. The molecule has 8 N–H and O–H groups in total. The van der Waals surface area contributed by atoms with Crippen LogP contribution < -0.4 is 34.0 Å². The minimum Gasteiger partial charge on any atom is -0.508 e. The minimum absolute atomic E-state index is 0.0780. The lowest BCUT2D eigenvalue weighted by atomic mass is 10.1. The highest BCUT2D eigenvalue weighted by Crippen LogP contribution is 2.55. The van der Waals surface area contributed by atoms with E-state index in [1.807, 2.05) is 97.9 Å². The summed E-state index contributed by atoms with van der Waals surface area (Å²) in [6.45, 7) is 13.2. The molecule has 0 fully saturated rings. The van der Waals surface area contributed by atoms with Gasteiger partial charge in [-0.05, 0) is 244 Å². The van der Waals surface area contributed by atoms with Gasteiger partial charge in [0.15, 0.2) is 0 Å². The van der Waals surface area contributed by atoms with Crippen molar-refractivity contribution in [1.29, 1.82) is 0 Å². The van der Waals surface area contributed by atoms with E-state index >= 15 is 0 Å². The first-order valence-electron chi connectivity index (χ1n) is 42.6. The van der Waals surface area contributed by atoms with Gasteiger partial charge in [0.1, 0.15) is 75.0 Å². The third-order valence-corrected chi connectivity index (χ3v) is 24.8. The number of ether oxygens (including phenoxy) is 5. The lowest BCUT2D eigenvalue weighted by Gasteiger charge is -2.31. The average molecular weight is 2140 g/mol. The van der Waals surface area contributed by atoms with Gasteiger partial charge < -0.3 is 67.5 Å². The quantitative estimate of drug-likeness (QED) is 0.00625. The number of carbonyl (C=O) groups excluding carboxylic acids is 5. The summed E-state index contributed by atoms with van der Waals surface area (Å²) in [7, 11) is -4.71. The molecule has 0 saturated heterocycles. The van der Waals surface area contributed by atoms with Crippen molar-refractivity contribution in [2.75, 3.05) is 94.2 Å². The molecule has 0 heterocycles. The number of phenolic OH excluding ortho intramolecular Hbond substituents is 4. The number of esters is 5. The third kappa shape index (κ3) is 57.2. The van der Waals surface area contributed by atoms with Crippen molar-refractivity contribution < 1.29 is 114 Å². The summed E-state index contributed by atoms with van der Waals surface area (Å²) in [5.74, 6) is -1.87. The smallest absolute Gasteiger partial charge is 0.333 e. The van der Waals surface area contributed by atoms with Crippen LogP contribution in [0.15, 0.2) is 285 Å². The molecule has 29 nitrogen and oxygen atoms in total. The van der Waals surface area contributed by atoms with Gasteiger partial charge in [0.2, 0.25) is 12.5 Å². The van der Waals surface area contributed by atoms with Crippen molar-refractivity contribution in [3.63, 3.8) is 0 Å². The molecule has 0 aromatic heterocycles. The average Bonchev–Trinajstić information content (AvgIpc) is 0.811. The predicted molar refractivity (Wildman–Crippen MR) is 549 cm³/mol. The van der Waals surface area contributed by atoms with E-state index in [0.29, 0.717) is 79.0 Å². The number of nitrogens with zero attached hydrogens (tertiary/aromatic N) is 2. The van der Waals surface area contributed by atoms with Gasteiger partial charge in [-0.1, -0.05) is 231 Å². The highest BCUT2D eigenvalue weighted by atomic mass is 79.9. The first-order chi connectivity index (χ1) is 64.1. The van der Waals surface area contributed by atoms with Crippen LogP contribution in [0.2, 0.25) is 0 Å². The second kappa shape index (κ2) is 66.4. The number of hydrogen-bond acceptors (Lipinski definition) is 25. The van der Waals surface area contributed by atoms with Crippen LogP contribution in [0.1, 0.15) is 100 Å². The van der Waals surface area contributed by atoms with Crippen LogP contribution in [0, 0.1) is 0 Å². The number of hydrogen-bond donors (Lipinski definition) is 7. The SMILES string of the molecule is CCCCOC(=O)C(Br)Cc1ccccc1.CCCCOC(=O)C(Cc1ccccc1)NP(C)(=O)Oc1ccccc1.CCOC(=O)C(Cc1ccc(O)cc1)NC.CCOC(=O)C(c1ccc(O)cc1)N(C)P(C)(=O)Cl.CCOC(=O)C(c1ccc(O)cc1)N(C)P(C)(=O)Oc1ccccc1.CP(=O)(Cl)Cl.CP(=O)(Cl)Oc1ccccc1.CP(N)(=O)Oc1ccccc1.Oc1ccccc1. The van der Waals surface area contributed by atoms with Gasteiger partial charge in [-0.25, -0.2) is 29.5 Å². The van der Waals surface area contributed by atoms with E-state index in [1.165, 1.54) is 80.6 Å². The Morgan fingerprint density at radius 1 is 0.375 bits per heavy atom. The summed E-state index contributed by atoms with van der Waals surface area (Å²) in [4.78, 5) is 59.8. The summed E-state index contributed by atoms with van der Waals surface area (Å²) in [5, 5.41) is 42.3. The molecule has 136 heavy (non-hydrogen) atoms. The number of likely N-dealkylation sites (N-methyl/N-ethyl adjacent to an activating group) is 3. The number of nitrogens with two attached hydrogens (primary N) is 1. The molecule has 0 radical (unpaired) electrons. The maximum atomic E-state index is 13.1. The molecule has 0 aliphatic carbocycles. The Morgan fingerprint density at radius 2 is 0.669 bits per heavy atom. The number of aromatic hydroxyl groups is 4. The summed E-state index contributed by atoms with van der Waals surface area (Å²) < 4.78 is 119. The van der Waals surface area contributed by atoms with Gasteiger partial charge in [0.25, 0.3) is 0 Å². The summed E-state index contributed by atoms with van der Waals surface area (Å²) in [5.41, 5.74) is 9.38. The molecule has 0 bridgehead atoms. The molecule has 744 valence electrons. The van der Waals surface area contributed by atoms with E-state index in [1.54, 1.807) is 205 Å². The van der Waals surface area contributed by atoms with Crippen LogP contribution in [-0.2, 0) is 94.3 Å². The van der Waals surface area contributed by atoms with Crippen molar-refractivity contribution in [1.82, 2.24) is 19.7 Å². The Balaban J connectivity index is 0.000000534. The van der Waals surface area contributed by atoms with Crippen LogP contribution >= 0.6 is 103 Å². The molecule has 10 rings (SSSR count). The third-order valence-electron chi connectivity index (χ3n) is 17.4. The second-order valence-corrected chi connectivity index (χ2v) is 50.5. The molecule has 0 amide bonds. The number of para-hydroxylation sites is 5. The standard InChI is InChI=1S/C20H26NO4P.C18H22NO5P.C13H17BrO2.C12H17ClNO4P.C12H17NO3.C7H8ClO2P.C7H10NO2P.C6H6O.CH3Cl2OP/c1-3-4-15-24-20(22)19(16-17-11-7-5-8-12-17)21-26(2,23)25-18-13-9-6-10-14-18;1-4-23-18(21)17(14-10-12-15(20)13-11-14)19(2)25(3,22)24-16-8-6-5-7-9-16;1-2-3-9-16-13(15)12(14)10-11-7-5-4-6-8-11;1-4-18-12(16)11(14(2)19(3,13)17)9-5-7-10(15)8-6-9;1-3-16-12(15)11(13-2)8-9-4-6-10(14)7-5-9;2*1-11(8,9)10-7-5-3-2-4-6-7;7-6-4-2-1-3-5-6;1-5(2,3)4/h5-14,19H,3-4,15-16H2,1-2H3,(H,21,23);5-13,17,20H,4H2,1-3H3;4-8,12H,2-3,9-10H2,1H3;5-8,11,15H,4H2,1-3H3;4-7,11,13-14H,3,8H2,1-2H3;2-6H,1H3;2-6H,1H3,(H2,8,9);1-5,7H;1H3.